The third-order valence-corrected chi connectivity index (χ3v) is 6.28. The van der Waals surface area contributed by atoms with E-state index in [0.717, 1.165) is 41.5 Å². The number of nitrogens with one attached hydrogen (secondary N) is 1. The monoisotopic (exact) mass is 412 g/mol. The van der Waals surface area contributed by atoms with Crippen LogP contribution in [0.25, 0.3) is 0 Å². The molecule has 0 bridgehead atoms. The molecule has 146 valence electrons. The van der Waals surface area contributed by atoms with E-state index in [1.54, 1.807) is 6.92 Å². The fourth-order valence-electron chi connectivity index (χ4n) is 2.99. The van der Waals surface area contributed by atoms with Crippen molar-refractivity contribution in [1.29, 1.82) is 0 Å². The number of anilines is 1. The summed E-state index contributed by atoms with van der Waals surface area (Å²) in [5.41, 5.74) is 1.35. The Labute approximate surface area is 164 Å². The van der Waals surface area contributed by atoms with E-state index in [4.69, 9.17) is 9.47 Å². The van der Waals surface area contributed by atoms with Crippen LogP contribution in [-0.2, 0) is 31.9 Å². The maximum absolute atomic E-state index is 12.3. The van der Waals surface area contributed by atoms with Gasteiger partial charge in [0.05, 0.1) is 12.2 Å². The number of thioether (sulfide) groups is 1. The number of thiophene rings is 1. The molecule has 1 N–H and O–H groups in total. The summed E-state index contributed by atoms with van der Waals surface area (Å²) >= 11 is 2.51. The summed E-state index contributed by atoms with van der Waals surface area (Å²) in [7, 11) is 0. The number of amides is 2. The summed E-state index contributed by atoms with van der Waals surface area (Å²) in [6.45, 7) is 1.83. The van der Waals surface area contributed by atoms with Crippen LogP contribution in [-0.4, -0.2) is 60.0 Å². The molecule has 1 aromatic heterocycles. The van der Waals surface area contributed by atoms with Crippen LogP contribution in [0.3, 0.4) is 0 Å². The minimum absolute atomic E-state index is 0.163. The summed E-state index contributed by atoms with van der Waals surface area (Å²) in [5, 5.41) is 2.93. The molecule has 27 heavy (non-hydrogen) atoms. The van der Waals surface area contributed by atoms with Gasteiger partial charge in [-0.25, -0.2) is 4.79 Å². The quantitative estimate of drug-likeness (QED) is 0.684. The first-order valence-corrected chi connectivity index (χ1v) is 10.5. The molecule has 0 saturated carbocycles. The molecule has 0 spiro atoms. The fourth-order valence-corrected chi connectivity index (χ4v) is 5.11. The highest BCUT2D eigenvalue weighted by molar-refractivity contribution is 8.13. The SMILES string of the molecule is CCOC(=O)c1c(NC(=O)COC(=O)CN2CCSC2=O)sc2c1CCC2. The number of rotatable bonds is 7. The van der Waals surface area contributed by atoms with Gasteiger partial charge >= 0.3 is 11.9 Å². The Bertz CT molecular complexity index is 776. The second kappa shape index (κ2) is 8.75. The molecule has 3 rings (SSSR count). The Morgan fingerprint density at radius 2 is 2.04 bits per heavy atom. The second-order valence-electron chi connectivity index (χ2n) is 6.03. The molecule has 1 saturated heterocycles. The van der Waals surface area contributed by atoms with Crippen molar-refractivity contribution in [2.75, 3.05) is 37.4 Å². The molecule has 8 nitrogen and oxygen atoms in total. The molecule has 2 amide bonds. The van der Waals surface area contributed by atoms with E-state index in [9.17, 15) is 19.2 Å². The third kappa shape index (κ3) is 4.62. The first-order valence-electron chi connectivity index (χ1n) is 8.68. The lowest BCUT2D eigenvalue weighted by Crippen LogP contribution is -2.32. The van der Waals surface area contributed by atoms with E-state index < -0.39 is 24.5 Å². The Hall–Kier alpha value is -2.07. The van der Waals surface area contributed by atoms with Crippen molar-refractivity contribution < 1.29 is 28.7 Å². The highest BCUT2D eigenvalue weighted by Crippen LogP contribution is 2.39. The third-order valence-electron chi connectivity index (χ3n) is 4.18. The number of esters is 2. The summed E-state index contributed by atoms with van der Waals surface area (Å²) in [5.74, 6) is -0.975. The van der Waals surface area contributed by atoms with Crippen LogP contribution in [0.5, 0.6) is 0 Å². The molecule has 1 aromatic rings. The van der Waals surface area contributed by atoms with E-state index in [1.165, 1.54) is 16.2 Å². The van der Waals surface area contributed by atoms with Crippen LogP contribution in [0.1, 0.15) is 34.1 Å². The van der Waals surface area contributed by atoms with Crippen LogP contribution < -0.4 is 5.32 Å². The van der Waals surface area contributed by atoms with Gasteiger partial charge in [0, 0.05) is 17.2 Å². The fraction of sp³-hybridized carbons (Fsp3) is 0.529. The smallest absolute Gasteiger partial charge is 0.341 e. The van der Waals surface area contributed by atoms with Crippen LogP contribution >= 0.6 is 23.1 Å². The molecule has 2 aliphatic rings. The summed E-state index contributed by atoms with van der Waals surface area (Å²) in [4.78, 5) is 50.2. The number of ether oxygens (including phenoxy) is 2. The molecule has 10 heteroatoms. The minimum Gasteiger partial charge on any atom is -0.462 e. The average molecular weight is 412 g/mol. The van der Waals surface area contributed by atoms with Crippen LogP contribution in [0.15, 0.2) is 0 Å². The van der Waals surface area contributed by atoms with Crippen LogP contribution in [0.4, 0.5) is 9.80 Å². The Kier molecular flexibility index (Phi) is 6.38. The van der Waals surface area contributed by atoms with Gasteiger partial charge in [-0.15, -0.1) is 11.3 Å². The van der Waals surface area contributed by atoms with Gasteiger partial charge in [-0.3, -0.25) is 14.4 Å². The van der Waals surface area contributed by atoms with Crippen molar-refractivity contribution in [3.63, 3.8) is 0 Å². The maximum atomic E-state index is 12.3. The largest absolute Gasteiger partial charge is 0.462 e. The Morgan fingerprint density at radius 1 is 1.22 bits per heavy atom. The Balaban J connectivity index is 1.57. The maximum Gasteiger partial charge on any atom is 0.341 e. The lowest BCUT2D eigenvalue weighted by Gasteiger charge is -2.13. The first kappa shape index (κ1) is 19.7. The minimum atomic E-state index is -0.639. The molecular weight excluding hydrogens is 392 g/mol. The van der Waals surface area contributed by atoms with E-state index in [0.29, 0.717) is 22.9 Å². The lowest BCUT2D eigenvalue weighted by atomic mass is 10.1. The van der Waals surface area contributed by atoms with Gasteiger partial charge in [-0.2, -0.15) is 0 Å². The normalized spacial score (nSPS) is 15.6. The number of aryl methyl sites for hydroxylation is 1. The molecule has 1 aliphatic carbocycles. The predicted molar refractivity (Wildman–Crippen MR) is 101 cm³/mol. The van der Waals surface area contributed by atoms with Gasteiger partial charge in [0.1, 0.15) is 11.5 Å². The van der Waals surface area contributed by atoms with Crippen LogP contribution in [0.2, 0.25) is 0 Å². The number of nitrogens with zero attached hydrogens (tertiary/aromatic N) is 1. The number of fused-ring (bicyclic) bond motifs is 1. The molecule has 0 aromatic carbocycles. The standard InChI is InChI=1S/C17H20N2O6S2/c1-2-24-16(22)14-10-4-3-5-11(10)27-15(14)18-12(20)9-25-13(21)8-19-6-7-26-17(19)23/h2-9H2,1H3,(H,18,20). The zero-order valence-corrected chi connectivity index (χ0v) is 16.5. The van der Waals surface area contributed by atoms with Crippen molar-refractivity contribution in [3.8, 4) is 0 Å². The summed E-state index contributed by atoms with van der Waals surface area (Å²) in [6, 6.07) is 0. The van der Waals surface area contributed by atoms with Crippen molar-refractivity contribution in [3.05, 3.63) is 16.0 Å². The van der Waals surface area contributed by atoms with Crippen molar-refractivity contribution in [1.82, 2.24) is 4.90 Å². The number of hydrogen-bond acceptors (Lipinski definition) is 8. The Morgan fingerprint density at radius 3 is 2.74 bits per heavy atom. The number of carbonyl (C=O) groups excluding carboxylic acids is 4. The zero-order valence-electron chi connectivity index (χ0n) is 14.9. The van der Waals surface area contributed by atoms with E-state index in [2.05, 4.69) is 5.32 Å². The van der Waals surface area contributed by atoms with Gasteiger partial charge in [0.2, 0.25) is 0 Å². The molecule has 2 heterocycles. The van der Waals surface area contributed by atoms with Crippen molar-refractivity contribution in [2.24, 2.45) is 0 Å². The molecule has 1 fully saturated rings. The molecule has 0 radical (unpaired) electrons. The molecule has 1 aliphatic heterocycles. The lowest BCUT2D eigenvalue weighted by molar-refractivity contribution is -0.147. The van der Waals surface area contributed by atoms with Crippen LogP contribution in [0, 0.1) is 0 Å². The van der Waals surface area contributed by atoms with Gasteiger partial charge in [0.15, 0.2) is 6.61 Å². The van der Waals surface area contributed by atoms with Gasteiger partial charge in [-0.1, -0.05) is 11.8 Å². The van der Waals surface area contributed by atoms with Gasteiger partial charge in [-0.05, 0) is 31.7 Å². The predicted octanol–water partition coefficient (Wildman–Crippen LogP) is 2.06. The first-order chi connectivity index (χ1) is 13.0. The second-order valence-corrected chi connectivity index (χ2v) is 8.18. The molecular formula is C17H20N2O6S2. The van der Waals surface area contributed by atoms with E-state index in [1.807, 2.05) is 0 Å². The van der Waals surface area contributed by atoms with Gasteiger partial charge < -0.3 is 19.7 Å². The number of hydrogen-bond donors (Lipinski definition) is 1. The topological polar surface area (TPSA) is 102 Å². The van der Waals surface area contributed by atoms with Crippen molar-refractivity contribution in [2.45, 2.75) is 26.2 Å². The van der Waals surface area contributed by atoms with Crippen molar-refractivity contribution >= 4 is 51.2 Å². The summed E-state index contributed by atoms with van der Waals surface area (Å²) < 4.78 is 10.1. The molecule has 0 unspecified atom stereocenters. The number of carbonyl (C=O) groups is 4. The zero-order chi connectivity index (χ0) is 19.4. The van der Waals surface area contributed by atoms with E-state index in [-0.39, 0.29) is 18.4 Å². The summed E-state index contributed by atoms with van der Waals surface area (Å²) in [6.07, 6.45) is 2.64. The average Bonchev–Trinajstić information content (AvgIpc) is 3.30. The highest BCUT2D eigenvalue weighted by atomic mass is 32.2. The van der Waals surface area contributed by atoms with E-state index >= 15 is 0 Å². The highest BCUT2D eigenvalue weighted by Gasteiger charge is 2.29. The van der Waals surface area contributed by atoms with Gasteiger partial charge in [0.25, 0.3) is 11.1 Å². The molecule has 0 atom stereocenters.